The van der Waals surface area contributed by atoms with Gasteiger partial charge in [-0.05, 0) is 31.5 Å². The normalized spacial score (nSPS) is 12.4. The molecule has 0 aliphatic rings. The zero-order valence-corrected chi connectivity index (χ0v) is 11.3. The van der Waals surface area contributed by atoms with Crippen molar-refractivity contribution in [2.75, 3.05) is 0 Å². The fourth-order valence-electron chi connectivity index (χ4n) is 1.52. The summed E-state index contributed by atoms with van der Waals surface area (Å²) in [6.45, 7) is 4.67. The monoisotopic (exact) mass is 265 g/mol. The van der Waals surface area contributed by atoms with Crippen molar-refractivity contribution in [2.45, 2.75) is 32.9 Å². The minimum Gasteiger partial charge on any atom is -0.484 e. The molecule has 1 unspecified atom stereocenters. The summed E-state index contributed by atoms with van der Waals surface area (Å²) in [7, 11) is 0. The SMILES string of the molecule is CCC(C)n1ccc(COc2cccnc2Cl)n1. The maximum atomic E-state index is 5.91. The van der Waals surface area contributed by atoms with E-state index in [0.29, 0.717) is 23.6 Å². The molecule has 4 nitrogen and oxygen atoms in total. The van der Waals surface area contributed by atoms with Crippen LogP contribution in [0.25, 0.3) is 0 Å². The van der Waals surface area contributed by atoms with Crippen molar-refractivity contribution < 1.29 is 4.74 Å². The van der Waals surface area contributed by atoms with E-state index in [4.69, 9.17) is 16.3 Å². The molecule has 96 valence electrons. The molecule has 0 bridgehead atoms. The molecule has 18 heavy (non-hydrogen) atoms. The first-order valence-corrected chi connectivity index (χ1v) is 6.36. The summed E-state index contributed by atoms with van der Waals surface area (Å²) < 4.78 is 7.53. The largest absolute Gasteiger partial charge is 0.484 e. The summed E-state index contributed by atoms with van der Waals surface area (Å²) in [6, 6.07) is 5.94. The fraction of sp³-hybridized carbons (Fsp3) is 0.385. The molecule has 0 N–H and O–H groups in total. The van der Waals surface area contributed by atoms with Gasteiger partial charge in [0.15, 0.2) is 10.9 Å². The smallest absolute Gasteiger partial charge is 0.171 e. The maximum Gasteiger partial charge on any atom is 0.171 e. The van der Waals surface area contributed by atoms with Crippen LogP contribution in [0.3, 0.4) is 0 Å². The second-order valence-electron chi connectivity index (χ2n) is 4.13. The first-order valence-electron chi connectivity index (χ1n) is 5.98. The lowest BCUT2D eigenvalue weighted by atomic mass is 10.3. The Hall–Kier alpha value is -1.55. The van der Waals surface area contributed by atoms with E-state index >= 15 is 0 Å². The highest BCUT2D eigenvalue weighted by Crippen LogP contribution is 2.21. The number of ether oxygens (including phenoxy) is 1. The lowest BCUT2D eigenvalue weighted by molar-refractivity contribution is 0.297. The molecule has 0 aliphatic carbocycles. The van der Waals surface area contributed by atoms with Gasteiger partial charge < -0.3 is 4.74 Å². The van der Waals surface area contributed by atoms with Crippen molar-refractivity contribution in [3.8, 4) is 5.75 Å². The highest BCUT2D eigenvalue weighted by Gasteiger charge is 2.06. The zero-order chi connectivity index (χ0) is 13.0. The molecule has 2 aromatic rings. The van der Waals surface area contributed by atoms with Crippen LogP contribution in [0.1, 0.15) is 32.0 Å². The van der Waals surface area contributed by atoms with Gasteiger partial charge in [0.25, 0.3) is 0 Å². The van der Waals surface area contributed by atoms with E-state index in [-0.39, 0.29) is 0 Å². The summed E-state index contributed by atoms with van der Waals surface area (Å²) in [4.78, 5) is 3.95. The van der Waals surface area contributed by atoms with Gasteiger partial charge in [0, 0.05) is 18.4 Å². The lowest BCUT2D eigenvalue weighted by Crippen LogP contribution is -2.05. The van der Waals surface area contributed by atoms with Crippen LogP contribution >= 0.6 is 11.6 Å². The number of aromatic nitrogens is 3. The van der Waals surface area contributed by atoms with Crippen LogP contribution in [-0.2, 0) is 6.61 Å². The first kappa shape index (κ1) is 12.9. The number of pyridine rings is 1. The van der Waals surface area contributed by atoms with Crippen LogP contribution in [0.2, 0.25) is 5.15 Å². The van der Waals surface area contributed by atoms with Gasteiger partial charge in [0.05, 0.1) is 5.69 Å². The van der Waals surface area contributed by atoms with Crippen LogP contribution in [0.5, 0.6) is 5.75 Å². The number of halogens is 1. The van der Waals surface area contributed by atoms with Gasteiger partial charge in [-0.1, -0.05) is 18.5 Å². The predicted molar refractivity (Wildman–Crippen MR) is 70.8 cm³/mol. The molecule has 2 heterocycles. The van der Waals surface area contributed by atoms with Gasteiger partial charge in [0.2, 0.25) is 0 Å². The summed E-state index contributed by atoms with van der Waals surface area (Å²) >= 11 is 5.91. The molecule has 0 aromatic carbocycles. The van der Waals surface area contributed by atoms with E-state index in [2.05, 4.69) is 23.9 Å². The Morgan fingerprint density at radius 1 is 1.44 bits per heavy atom. The molecule has 0 radical (unpaired) electrons. The van der Waals surface area contributed by atoms with E-state index in [1.807, 2.05) is 16.9 Å². The third-order valence-electron chi connectivity index (χ3n) is 2.81. The minimum absolute atomic E-state index is 0.374. The summed E-state index contributed by atoms with van der Waals surface area (Å²) in [5.74, 6) is 0.581. The third-order valence-corrected chi connectivity index (χ3v) is 3.09. The summed E-state index contributed by atoms with van der Waals surface area (Å²) in [6.07, 6.45) is 4.65. The van der Waals surface area contributed by atoms with Gasteiger partial charge >= 0.3 is 0 Å². The molecule has 0 fully saturated rings. The molecule has 0 aliphatic heterocycles. The highest BCUT2D eigenvalue weighted by molar-refractivity contribution is 6.30. The Balaban J connectivity index is 1.98. The van der Waals surface area contributed by atoms with Crippen LogP contribution in [0.4, 0.5) is 0 Å². The number of rotatable bonds is 5. The molecule has 0 saturated heterocycles. The van der Waals surface area contributed by atoms with Crippen molar-refractivity contribution in [1.82, 2.24) is 14.8 Å². The molecule has 0 amide bonds. The molecule has 5 heteroatoms. The van der Waals surface area contributed by atoms with Gasteiger partial charge in [-0.2, -0.15) is 5.10 Å². The topological polar surface area (TPSA) is 39.9 Å². The molecule has 0 saturated carbocycles. The molecular weight excluding hydrogens is 250 g/mol. The van der Waals surface area contributed by atoms with Crippen molar-refractivity contribution >= 4 is 11.6 Å². The van der Waals surface area contributed by atoms with Gasteiger partial charge in [-0.3, -0.25) is 4.68 Å². The molecule has 1 atom stereocenters. The minimum atomic E-state index is 0.374. The highest BCUT2D eigenvalue weighted by atomic mass is 35.5. The van der Waals surface area contributed by atoms with Crippen molar-refractivity contribution in [2.24, 2.45) is 0 Å². The average molecular weight is 266 g/mol. The molecule has 0 spiro atoms. The number of hydrogen-bond acceptors (Lipinski definition) is 3. The first-order chi connectivity index (χ1) is 8.70. The Bertz CT molecular complexity index is 512. The van der Waals surface area contributed by atoms with Crippen molar-refractivity contribution in [1.29, 1.82) is 0 Å². The Kier molecular flexibility index (Phi) is 4.20. The predicted octanol–water partition coefficient (Wildman–Crippen LogP) is 3.48. The third kappa shape index (κ3) is 3.01. The number of hydrogen-bond donors (Lipinski definition) is 0. The van der Waals surface area contributed by atoms with Gasteiger partial charge in [0.1, 0.15) is 6.61 Å². The van der Waals surface area contributed by atoms with Crippen LogP contribution in [0.15, 0.2) is 30.6 Å². The average Bonchev–Trinajstić information content (AvgIpc) is 2.86. The quantitative estimate of drug-likeness (QED) is 0.777. The van der Waals surface area contributed by atoms with E-state index in [1.54, 1.807) is 18.3 Å². The molecule has 2 rings (SSSR count). The van der Waals surface area contributed by atoms with E-state index < -0.39 is 0 Å². The van der Waals surface area contributed by atoms with Gasteiger partial charge in [-0.15, -0.1) is 0 Å². The van der Waals surface area contributed by atoms with E-state index in [9.17, 15) is 0 Å². The molecule has 2 aromatic heterocycles. The fourth-order valence-corrected chi connectivity index (χ4v) is 1.69. The Morgan fingerprint density at radius 3 is 3.00 bits per heavy atom. The van der Waals surface area contributed by atoms with Crippen molar-refractivity contribution in [3.05, 3.63) is 41.4 Å². The lowest BCUT2D eigenvalue weighted by Gasteiger charge is -2.08. The Morgan fingerprint density at radius 2 is 2.28 bits per heavy atom. The Labute approximate surface area is 112 Å². The second kappa shape index (κ2) is 5.87. The number of nitrogens with zero attached hydrogens (tertiary/aromatic N) is 3. The second-order valence-corrected chi connectivity index (χ2v) is 4.48. The maximum absolute atomic E-state index is 5.91. The van der Waals surface area contributed by atoms with E-state index in [1.165, 1.54) is 0 Å². The van der Waals surface area contributed by atoms with Crippen LogP contribution < -0.4 is 4.74 Å². The summed E-state index contributed by atoms with van der Waals surface area (Å²) in [5.41, 5.74) is 0.884. The van der Waals surface area contributed by atoms with E-state index in [0.717, 1.165) is 12.1 Å². The standard InChI is InChI=1S/C13H16ClN3O/c1-3-10(2)17-8-6-11(16-17)9-18-12-5-4-7-15-13(12)14/h4-8,10H,3,9H2,1-2H3. The van der Waals surface area contributed by atoms with Crippen LogP contribution in [0, 0.1) is 0 Å². The van der Waals surface area contributed by atoms with Crippen molar-refractivity contribution in [3.63, 3.8) is 0 Å². The van der Waals surface area contributed by atoms with Crippen LogP contribution in [-0.4, -0.2) is 14.8 Å². The van der Waals surface area contributed by atoms with Gasteiger partial charge in [-0.25, -0.2) is 4.98 Å². The molecular formula is C13H16ClN3O. The summed E-state index contributed by atoms with van der Waals surface area (Å²) in [5, 5.41) is 4.83. The zero-order valence-electron chi connectivity index (χ0n) is 10.5.